The number of rotatable bonds is 7. The van der Waals surface area contributed by atoms with Crippen LogP contribution in [-0.2, 0) is 0 Å². The van der Waals surface area contributed by atoms with Gasteiger partial charge in [-0.25, -0.2) is 4.79 Å². The van der Waals surface area contributed by atoms with Gasteiger partial charge in [0.1, 0.15) is 5.75 Å². The maximum absolute atomic E-state index is 12.2. The molecule has 0 saturated heterocycles. The Labute approximate surface area is 132 Å². The summed E-state index contributed by atoms with van der Waals surface area (Å²) in [5.74, 6) is 0.0394. The maximum atomic E-state index is 12.2. The van der Waals surface area contributed by atoms with Gasteiger partial charge < -0.3 is 20.1 Å². The maximum Gasteiger partial charge on any atom is 0.422 e. The number of carbonyl (C=O) groups is 1. The summed E-state index contributed by atoms with van der Waals surface area (Å²) >= 11 is 0. The quantitative estimate of drug-likeness (QED) is 0.755. The van der Waals surface area contributed by atoms with Gasteiger partial charge in [-0.2, -0.15) is 13.2 Å². The van der Waals surface area contributed by atoms with Gasteiger partial charge in [-0.1, -0.05) is 12.1 Å². The third-order valence-corrected chi connectivity index (χ3v) is 2.92. The van der Waals surface area contributed by atoms with Gasteiger partial charge in [0.25, 0.3) is 0 Å². The Kier molecular flexibility index (Phi) is 6.89. The average Bonchev–Trinajstić information content (AvgIpc) is 2.47. The van der Waals surface area contributed by atoms with Crippen molar-refractivity contribution in [2.45, 2.75) is 13.1 Å². The van der Waals surface area contributed by atoms with Crippen LogP contribution in [0.15, 0.2) is 30.9 Å². The fraction of sp³-hybridized carbons (Fsp3) is 0.400. The standard InChI is InChI=1S/C15H19F3N2O3/c1-3-7-20(8-9-21)14(22)19-12-5-4-6-13(11(12)2)23-10-15(16,17)18/h3-6,21H,1,7-10H2,2H3,(H,19,22). The number of halogens is 3. The first kappa shape index (κ1) is 18.8. The van der Waals surface area contributed by atoms with Gasteiger partial charge >= 0.3 is 12.2 Å². The zero-order valence-electron chi connectivity index (χ0n) is 12.7. The molecule has 0 spiro atoms. The lowest BCUT2D eigenvalue weighted by Crippen LogP contribution is -2.37. The van der Waals surface area contributed by atoms with Crippen LogP contribution in [0.2, 0.25) is 0 Å². The number of nitrogens with one attached hydrogen (secondary N) is 1. The average molecular weight is 332 g/mol. The number of aliphatic hydroxyl groups excluding tert-OH is 1. The molecule has 1 aromatic carbocycles. The Balaban J connectivity index is 2.84. The molecule has 23 heavy (non-hydrogen) atoms. The molecule has 5 nitrogen and oxygen atoms in total. The summed E-state index contributed by atoms with van der Waals surface area (Å²) in [5.41, 5.74) is 0.717. The largest absolute Gasteiger partial charge is 0.484 e. The van der Waals surface area contributed by atoms with E-state index in [1.54, 1.807) is 13.0 Å². The van der Waals surface area contributed by atoms with E-state index in [1.807, 2.05) is 0 Å². The molecule has 0 aromatic heterocycles. The second kappa shape index (κ2) is 8.42. The van der Waals surface area contributed by atoms with E-state index in [2.05, 4.69) is 11.9 Å². The third kappa shape index (κ3) is 6.19. The van der Waals surface area contributed by atoms with Crippen LogP contribution in [0.3, 0.4) is 0 Å². The second-order valence-corrected chi connectivity index (χ2v) is 4.72. The number of nitrogens with zero attached hydrogens (tertiary/aromatic N) is 1. The Morgan fingerprint density at radius 1 is 1.48 bits per heavy atom. The number of anilines is 1. The molecule has 0 saturated carbocycles. The van der Waals surface area contributed by atoms with Crippen molar-refractivity contribution in [1.29, 1.82) is 0 Å². The molecular weight excluding hydrogens is 313 g/mol. The number of hydrogen-bond acceptors (Lipinski definition) is 3. The summed E-state index contributed by atoms with van der Waals surface area (Å²) in [6, 6.07) is 3.94. The molecule has 8 heteroatoms. The van der Waals surface area contributed by atoms with Crippen LogP contribution in [0.25, 0.3) is 0 Å². The molecule has 0 aliphatic carbocycles. The van der Waals surface area contributed by atoms with E-state index >= 15 is 0 Å². The lowest BCUT2D eigenvalue weighted by atomic mass is 10.2. The molecule has 1 aromatic rings. The number of urea groups is 1. The zero-order valence-corrected chi connectivity index (χ0v) is 12.7. The predicted molar refractivity (Wildman–Crippen MR) is 80.6 cm³/mol. The van der Waals surface area contributed by atoms with Crippen LogP contribution in [0.4, 0.5) is 23.7 Å². The van der Waals surface area contributed by atoms with Crippen molar-refractivity contribution >= 4 is 11.7 Å². The molecule has 0 radical (unpaired) electrons. The molecule has 0 unspecified atom stereocenters. The monoisotopic (exact) mass is 332 g/mol. The Morgan fingerprint density at radius 2 is 2.17 bits per heavy atom. The van der Waals surface area contributed by atoms with E-state index in [1.165, 1.54) is 23.1 Å². The molecule has 0 bridgehead atoms. The fourth-order valence-corrected chi connectivity index (χ4v) is 1.81. The number of hydrogen-bond donors (Lipinski definition) is 2. The highest BCUT2D eigenvalue weighted by atomic mass is 19.4. The molecule has 128 valence electrons. The first-order chi connectivity index (χ1) is 10.8. The molecule has 0 aliphatic rings. The summed E-state index contributed by atoms with van der Waals surface area (Å²) in [4.78, 5) is 13.4. The van der Waals surface area contributed by atoms with Crippen LogP contribution < -0.4 is 10.1 Å². The topological polar surface area (TPSA) is 61.8 Å². The molecule has 0 fully saturated rings. The number of benzene rings is 1. The number of amides is 2. The zero-order chi connectivity index (χ0) is 17.5. The second-order valence-electron chi connectivity index (χ2n) is 4.72. The fourth-order valence-electron chi connectivity index (χ4n) is 1.81. The van der Waals surface area contributed by atoms with Gasteiger partial charge in [-0.15, -0.1) is 6.58 Å². The molecule has 1 rings (SSSR count). The van der Waals surface area contributed by atoms with Gasteiger partial charge in [0, 0.05) is 24.3 Å². The van der Waals surface area contributed by atoms with Crippen LogP contribution in [-0.4, -0.2) is 48.5 Å². The molecule has 2 N–H and O–H groups in total. The van der Waals surface area contributed by atoms with Crippen molar-refractivity contribution in [3.8, 4) is 5.75 Å². The van der Waals surface area contributed by atoms with Crippen LogP contribution >= 0.6 is 0 Å². The van der Waals surface area contributed by atoms with Crippen molar-refractivity contribution in [3.63, 3.8) is 0 Å². The predicted octanol–water partition coefficient (Wildman–Crippen LogP) is 2.95. The lowest BCUT2D eigenvalue weighted by molar-refractivity contribution is -0.153. The van der Waals surface area contributed by atoms with Crippen LogP contribution in [0.5, 0.6) is 5.75 Å². The van der Waals surface area contributed by atoms with Crippen molar-refractivity contribution in [2.75, 3.05) is 31.6 Å². The van der Waals surface area contributed by atoms with Crippen molar-refractivity contribution in [2.24, 2.45) is 0 Å². The van der Waals surface area contributed by atoms with Gasteiger partial charge in [0.05, 0.1) is 6.61 Å². The van der Waals surface area contributed by atoms with Crippen molar-refractivity contribution in [1.82, 2.24) is 4.90 Å². The van der Waals surface area contributed by atoms with Crippen molar-refractivity contribution in [3.05, 3.63) is 36.4 Å². The minimum Gasteiger partial charge on any atom is -0.484 e. The van der Waals surface area contributed by atoms with E-state index < -0.39 is 18.8 Å². The van der Waals surface area contributed by atoms with E-state index in [9.17, 15) is 18.0 Å². The number of aliphatic hydroxyl groups is 1. The Morgan fingerprint density at radius 3 is 2.74 bits per heavy atom. The first-order valence-electron chi connectivity index (χ1n) is 6.85. The number of carbonyl (C=O) groups excluding carboxylic acids is 1. The summed E-state index contributed by atoms with van der Waals surface area (Å²) < 4.78 is 41.4. The van der Waals surface area contributed by atoms with E-state index in [0.717, 1.165) is 0 Å². The van der Waals surface area contributed by atoms with Crippen LogP contribution in [0.1, 0.15) is 5.56 Å². The molecule has 0 atom stereocenters. The summed E-state index contributed by atoms with van der Waals surface area (Å²) in [7, 11) is 0. The summed E-state index contributed by atoms with van der Waals surface area (Å²) in [6.07, 6.45) is -2.93. The number of alkyl halides is 3. The van der Waals surface area contributed by atoms with E-state index in [0.29, 0.717) is 11.3 Å². The van der Waals surface area contributed by atoms with Gasteiger partial charge in [0.2, 0.25) is 0 Å². The van der Waals surface area contributed by atoms with Gasteiger partial charge in [-0.3, -0.25) is 0 Å². The molecule has 2 amide bonds. The number of ether oxygens (including phenoxy) is 1. The van der Waals surface area contributed by atoms with Gasteiger partial charge in [0.15, 0.2) is 6.61 Å². The molecular formula is C15H19F3N2O3. The smallest absolute Gasteiger partial charge is 0.422 e. The minimum atomic E-state index is -4.44. The SMILES string of the molecule is C=CCN(CCO)C(=O)Nc1cccc(OCC(F)(F)F)c1C. The highest BCUT2D eigenvalue weighted by Crippen LogP contribution is 2.27. The van der Waals surface area contributed by atoms with Gasteiger partial charge in [-0.05, 0) is 19.1 Å². The highest BCUT2D eigenvalue weighted by molar-refractivity contribution is 5.90. The summed E-state index contributed by atoms with van der Waals surface area (Å²) in [6.45, 7) is 3.79. The summed E-state index contributed by atoms with van der Waals surface area (Å²) in [5, 5.41) is 11.5. The van der Waals surface area contributed by atoms with E-state index in [-0.39, 0.29) is 25.4 Å². The third-order valence-electron chi connectivity index (χ3n) is 2.92. The Hall–Kier alpha value is -2.22. The normalized spacial score (nSPS) is 11.0. The minimum absolute atomic E-state index is 0.0394. The Bertz CT molecular complexity index is 547. The molecule has 0 heterocycles. The van der Waals surface area contributed by atoms with Crippen molar-refractivity contribution < 1.29 is 27.8 Å². The lowest BCUT2D eigenvalue weighted by Gasteiger charge is -2.21. The molecule has 0 aliphatic heterocycles. The first-order valence-corrected chi connectivity index (χ1v) is 6.85. The highest BCUT2D eigenvalue weighted by Gasteiger charge is 2.28. The van der Waals surface area contributed by atoms with E-state index in [4.69, 9.17) is 9.84 Å². The van der Waals surface area contributed by atoms with Crippen LogP contribution in [0, 0.1) is 6.92 Å².